The maximum absolute atomic E-state index is 12.2. The van der Waals surface area contributed by atoms with Crippen LogP contribution in [0.4, 0.5) is 5.69 Å². The van der Waals surface area contributed by atoms with E-state index < -0.39 is 0 Å². The molecule has 0 atom stereocenters. The molecule has 0 spiro atoms. The van der Waals surface area contributed by atoms with E-state index in [1.807, 2.05) is 54.9 Å². The van der Waals surface area contributed by atoms with Gasteiger partial charge in [0.25, 0.3) is 0 Å². The van der Waals surface area contributed by atoms with Gasteiger partial charge in [-0.25, -0.2) is 0 Å². The number of benzene rings is 2. The van der Waals surface area contributed by atoms with E-state index in [4.69, 9.17) is 5.26 Å². The molecule has 3 rings (SSSR count). The lowest BCUT2D eigenvalue weighted by molar-refractivity contribution is -0.113. The van der Waals surface area contributed by atoms with Gasteiger partial charge in [0, 0.05) is 18.3 Å². The fraction of sp³-hybridized carbons (Fsp3) is 0.200. The highest BCUT2D eigenvalue weighted by atomic mass is 32.2. The number of carbonyl (C=O) groups is 1. The van der Waals surface area contributed by atoms with E-state index >= 15 is 0 Å². The zero-order valence-corrected chi connectivity index (χ0v) is 16.0. The van der Waals surface area contributed by atoms with E-state index in [-0.39, 0.29) is 11.7 Å². The van der Waals surface area contributed by atoms with Gasteiger partial charge in [-0.1, -0.05) is 53.7 Å². The summed E-state index contributed by atoms with van der Waals surface area (Å²) in [5.74, 6) is 0.888. The number of amides is 1. The zero-order chi connectivity index (χ0) is 19.2. The first-order chi connectivity index (χ1) is 13.1. The average molecular weight is 377 g/mol. The van der Waals surface area contributed by atoms with Gasteiger partial charge >= 0.3 is 0 Å². The van der Waals surface area contributed by atoms with Crippen molar-refractivity contribution in [3.05, 3.63) is 59.7 Å². The second-order valence-electron chi connectivity index (χ2n) is 6.10. The standard InChI is InChI=1S/C20H19N5OS/c1-14-3-7-16(8-4-14)19-23-24-20(25(19)2)27-13-18(26)22-17-9-5-15(6-10-17)11-12-21/h3-10H,11,13H2,1-2H3,(H,22,26). The summed E-state index contributed by atoms with van der Waals surface area (Å²) in [6.07, 6.45) is 0.361. The smallest absolute Gasteiger partial charge is 0.234 e. The lowest BCUT2D eigenvalue weighted by Gasteiger charge is -2.06. The van der Waals surface area contributed by atoms with E-state index in [1.165, 1.54) is 17.3 Å². The number of nitrogens with one attached hydrogen (secondary N) is 1. The van der Waals surface area contributed by atoms with Crippen LogP contribution in [-0.2, 0) is 18.3 Å². The minimum atomic E-state index is -0.118. The summed E-state index contributed by atoms with van der Waals surface area (Å²) in [6, 6.07) is 17.5. The summed E-state index contributed by atoms with van der Waals surface area (Å²) in [5, 5.41) is 20.6. The lowest BCUT2D eigenvalue weighted by Crippen LogP contribution is -2.14. The number of thioether (sulfide) groups is 1. The van der Waals surface area contributed by atoms with Crippen LogP contribution in [0, 0.1) is 18.3 Å². The Bertz CT molecular complexity index is 971. The predicted molar refractivity (Wildman–Crippen MR) is 106 cm³/mol. The number of nitriles is 1. The number of rotatable bonds is 6. The predicted octanol–water partition coefficient (Wildman–Crippen LogP) is 3.59. The summed E-state index contributed by atoms with van der Waals surface area (Å²) < 4.78 is 1.89. The third-order valence-corrected chi connectivity index (χ3v) is 5.02. The molecule has 0 fully saturated rings. The molecular formula is C20H19N5OS. The summed E-state index contributed by atoms with van der Waals surface area (Å²) in [7, 11) is 1.89. The molecule has 0 aliphatic carbocycles. The van der Waals surface area contributed by atoms with Gasteiger partial charge in [-0.15, -0.1) is 10.2 Å². The van der Waals surface area contributed by atoms with E-state index in [0.717, 1.165) is 17.0 Å². The van der Waals surface area contributed by atoms with Gasteiger partial charge in [-0.05, 0) is 24.6 Å². The Morgan fingerprint density at radius 1 is 1.15 bits per heavy atom. The van der Waals surface area contributed by atoms with Crippen molar-refractivity contribution in [1.29, 1.82) is 5.26 Å². The molecular weight excluding hydrogens is 358 g/mol. The van der Waals surface area contributed by atoms with Crippen LogP contribution < -0.4 is 5.32 Å². The van der Waals surface area contributed by atoms with Gasteiger partial charge in [0.1, 0.15) is 0 Å². The lowest BCUT2D eigenvalue weighted by atomic mass is 10.1. The van der Waals surface area contributed by atoms with Crippen LogP contribution in [0.5, 0.6) is 0 Å². The van der Waals surface area contributed by atoms with Crippen molar-refractivity contribution in [1.82, 2.24) is 14.8 Å². The number of aromatic nitrogens is 3. The molecule has 6 nitrogen and oxygen atoms in total. The highest BCUT2D eigenvalue weighted by Gasteiger charge is 2.13. The Morgan fingerprint density at radius 2 is 1.85 bits per heavy atom. The van der Waals surface area contributed by atoms with E-state index in [1.54, 1.807) is 12.1 Å². The molecule has 0 unspecified atom stereocenters. The van der Waals surface area contributed by atoms with E-state index in [9.17, 15) is 4.79 Å². The molecule has 0 aliphatic rings. The molecule has 1 amide bonds. The Kier molecular flexibility index (Phi) is 5.89. The zero-order valence-electron chi connectivity index (χ0n) is 15.1. The van der Waals surface area contributed by atoms with Gasteiger partial charge in [-0.3, -0.25) is 4.79 Å². The summed E-state index contributed by atoms with van der Waals surface area (Å²) >= 11 is 1.34. The van der Waals surface area contributed by atoms with Gasteiger partial charge in [0.2, 0.25) is 5.91 Å². The molecule has 0 saturated heterocycles. The second kappa shape index (κ2) is 8.52. The number of anilines is 1. The number of nitrogens with zero attached hydrogens (tertiary/aromatic N) is 4. The molecule has 0 radical (unpaired) electrons. The molecule has 1 aromatic heterocycles. The Labute approximate surface area is 162 Å². The fourth-order valence-electron chi connectivity index (χ4n) is 2.52. The van der Waals surface area contributed by atoms with Crippen molar-refractivity contribution in [3.8, 4) is 17.5 Å². The minimum absolute atomic E-state index is 0.118. The Balaban J connectivity index is 1.59. The molecule has 0 bridgehead atoms. The minimum Gasteiger partial charge on any atom is -0.325 e. The molecule has 3 aromatic rings. The number of carbonyl (C=O) groups excluding carboxylic acids is 1. The van der Waals surface area contributed by atoms with Crippen molar-refractivity contribution >= 4 is 23.4 Å². The van der Waals surface area contributed by atoms with Crippen LogP contribution in [0.25, 0.3) is 11.4 Å². The Hall–Kier alpha value is -3.11. The van der Waals surface area contributed by atoms with Crippen molar-refractivity contribution in [3.63, 3.8) is 0 Å². The first-order valence-electron chi connectivity index (χ1n) is 8.42. The van der Waals surface area contributed by atoms with Crippen LogP contribution >= 0.6 is 11.8 Å². The van der Waals surface area contributed by atoms with Crippen LogP contribution in [0.2, 0.25) is 0 Å². The maximum Gasteiger partial charge on any atom is 0.234 e. The van der Waals surface area contributed by atoms with Crippen molar-refractivity contribution in [2.45, 2.75) is 18.5 Å². The molecule has 7 heteroatoms. The monoisotopic (exact) mass is 377 g/mol. The average Bonchev–Trinajstić information content (AvgIpc) is 3.03. The molecule has 1 N–H and O–H groups in total. The third-order valence-electron chi connectivity index (χ3n) is 4.00. The third kappa shape index (κ3) is 4.74. The first-order valence-corrected chi connectivity index (χ1v) is 9.40. The van der Waals surface area contributed by atoms with Crippen molar-refractivity contribution in [2.24, 2.45) is 7.05 Å². The fourth-order valence-corrected chi connectivity index (χ4v) is 3.23. The van der Waals surface area contributed by atoms with Gasteiger partial charge in [0.15, 0.2) is 11.0 Å². The normalized spacial score (nSPS) is 10.4. The quantitative estimate of drug-likeness (QED) is 0.664. The topological polar surface area (TPSA) is 83.6 Å². The van der Waals surface area contributed by atoms with Gasteiger partial charge in [-0.2, -0.15) is 5.26 Å². The number of hydrogen-bond donors (Lipinski definition) is 1. The largest absolute Gasteiger partial charge is 0.325 e. The summed E-state index contributed by atoms with van der Waals surface area (Å²) in [4.78, 5) is 12.2. The second-order valence-corrected chi connectivity index (χ2v) is 7.04. The van der Waals surface area contributed by atoms with Gasteiger partial charge in [0.05, 0.1) is 18.2 Å². The summed E-state index contributed by atoms with van der Waals surface area (Å²) in [6.45, 7) is 2.04. The van der Waals surface area contributed by atoms with Crippen LogP contribution in [-0.4, -0.2) is 26.4 Å². The molecule has 2 aromatic carbocycles. The summed E-state index contributed by atoms with van der Waals surface area (Å²) in [5.41, 5.74) is 3.81. The molecule has 0 saturated carbocycles. The highest BCUT2D eigenvalue weighted by molar-refractivity contribution is 7.99. The van der Waals surface area contributed by atoms with Crippen molar-refractivity contribution in [2.75, 3.05) is 11.1 Å². The molecule has 0 aliphatic heterocycles. The van der Waals surface area contributed by atoms with Crippen LogP contribution in [0.3, 0.4) is 0 Å². The first kappa shape index (κ1) is 18.7. The number of hydrogen-bond acceptors (Lipinski definition) is 5. The molecule has 136 valence electrons. The number of aryl methyl sites for hydroxylation is 1. The van der Waals surface area contributed by atoms with E-state index in [0.29, 0.717) is 17.3 Å². The molecule has 1 heterocycles. The maximum atomic E-state index is 12.2. The van der Waals surface area contributed by atoms with Crippen LogP contribution in [0.15, 0.2) is 53.7 Å². The SMILES string of the molecule is Cc1ccc(-c2nnc(SCC(=O)Nc3ccc(CC#N)cc3)n2C)cc1. The molecule has 27 heavy (non-hydrogen) atoms. The highest BCUT2D eigenvalue weighted by Crippen LogP contribution is 2.23. The van der Waals surface area contributed by atoms with Gasteiger partial charge < -0.3 is 9.88 Å². The van der Waals surface area contributed by atoms with Crippen molar-refractivity contribution < 1.29 is 4.79 Å². The van der Waals surface area contributed by atoms with Crippen LogP contribution in [0.1, 0.15) is 11.1 Å². The Morgan fingerprint density at radius 3 is 2.52 bits per heavy atom. The van der Waals surface area contributed by atoms with E-state index in [2.05, 4.69) is 21.6 Å².